The first-order chi connectivity index (χ1) is 14.1. The van der Waals surface area contributed by atoms with Crippen molar-refractivity contribution in [3.63, 3.8) is 0 Å². The Balaban J connectivity index is 1.66. The van der Waals surface area contributed by atoms with E-state index in [0.29, 0.717) is 17.9 Å². The van der Waals surface area contributed by atoms with Crippen LogP contribution in [0.4, 0.5) is 4.79 Å². The van der Waals surface area contributed by atoms with E-state index < -0.39 is 17.2 Å². The van der Waals surface area contributed by atoms with Crippen molar-refractivity contribution in [1.29, 1.82) is 0 Å². The average Bonchev–Trinajstić information content (AvgIpc) is 3.25. The monoisotopic (exact) mass is 413 g/mol. The maximum absolute atomic E-state index is 12.9. The van der Waals surface area contributed by atoms with E-state index in [1.807, 2.05) is 40.7 Å². The highest BCUT2D eigenvalue weighted by molar-refractivity contribution is 5.94. The lowest BCUT2D eigenvalue weighted by atomic mass is 9.97. The van der Waals surface area contributed by atoms with E-state index in [1.165, 1.54) is 0 Å². The first-order valence-corrected chi connectivity index (χ1v) is 10.4. The van der Waals surface area contributed by atoms with Crippen LogP contribution >= 0.6 is 0 Å². The molecule has 8 heteroatoms. The molecule has 1 fully saturated rings. The molecule has 0 saturated heterocycles. The maximum Gasteiger partial charge on any atom is 0.407 e. The second kappa shape index (κ2) is 8.45. The minimum atomic E-state index is -0.560. The summed E-state index contributed by atoms with van der Waals surface area (Å²) in [6.07, 6.45) is 4.72. The molecule has 2 amide bonds. The Morgan fingerprint density at radius 2 is 1.90 bits per heavy atom. The van der Waals surface area contributed by atoms with Gasteiger partial charge in [0.05, 0.1) is 16.8 Å². The summed E-state index contributed by atoms with van der Waals surface area (Å²) in [6, 6.07) is 5.51. The molecule has 0 atom stereocenters. The number of aromatic nitrogens is 3. The van der Waals surface area contributed by atoms with Gasteiger partial charge in [0.1, 0.15) is 5.60 Å². The maximum atomic E-state index is 12.9. The van der Waals surface area contributed by atoms with E-state index in [0.717, 1.165) is 37.1 Å². The third kappa shape index (κ3) is 5.37. The predicted molar refractivity (Wildman–Crippen MR) is 114 cm³/mol. The van der Waals surface area contributed by atoms with Crippen LogP contribution in [0.1, 0.15) is 68.2 Å². The fourth-order valence-electron chi connectivity index (χ4n) is 3.77. The van der Waals surface area contributed by atoms with E-state index >= 15 is 0 Å². The molecule has 2 N–H and O–H groups in total. The molecule has 2 aromatic heterocycles. The molecule has 30 heavy (non-hydrogen) atoms. The highest BCUT2D eigenvalue weighted by Gasteiger charge is 2.36. The minimum absolute atomic E-state index is 0.199. The molecular formula is C22H31N5O3. The number of carbonyl (C=O) groups excluding carboxylic acids is 2. The van der Waals surface area contributed by atoms with Crippen LogP contribution in [0.3, 0.4) is 0 Å². The van der Waals surface area contributed by atoms with Gasteiger partial charge in [0.2, 0.25) is 0 Å². The Hall–Kier alpha value is -2.90. The Labute approximate surface area is 177 Å². The van der Waals surface area contributed by atoms with Crippen LogP contribution in [-0.2, 0) is 4.74 Å². The molecule has 0 unspecified atom stereocenters. The summed E-state index contributed by atoms with van der Waals surface area (Å²) in [7, 11) is 0. The fraction of sp³-hybridized carbons (Fsp3) is 0.545. The van der Waals surface area contributed by atoms with Gasteiger partial charge in [-0.05, 0) is 65.7 Å². The van der Waals surface area contributed by atoms with E-state index in [4.69, 9.17) is 4.74 Å². The Morgan fingerprint density at radius 1 is 1.20 bits per heavy atom. The highest BCUT2D eigenvalue weighted by Crippen LogP contribution is 2.29. The van der Waals surface area contributed by atoms with Crippen LogP contribution in [0.25, 0.3) is 5.82 Å². The number of carbonyl (C=O) groups is 2. The van der Waals surface area contributed by atoms with Crippen LogP contribution in [0.5, 0.6) is 0 Å². The number of aryl methyl sites for hydroxylation is 2. The van der Waals surface area contributed by atoms with Crippen LogP contribution in [0, 0.1) is 13.8 Å². The molecule has 1 saturated carbocycles. The third-order valence-corrected chi connectivity index (χ3v) is 5.15. The second-order valence-electron chi connectivity index (χ2n) is 9.04. The van der Waals surface area contributed by atoms with Gasteiger partial charge < -0.3 is 15.4 Å². The smallest absolute Gasteiger partial charge is 0.407 e. The summed E-state index contributed by atoms with van der Waals surface area (Å²) < 4.78 is 7.07. The predicted octanol–water partition coefficient (Wildman–Crippen LogP) is 3.45. The van der Waals surface area contributed by atoms with Gasteiger partial charge in [-0.2, -0.15) is 5.10 Å². The van der Waals surface area contributed by atoms with Gasteiger partial charge in [0.15, 0.2) is 5.82 Å². The molecular weight excluding hydrogens is 382 g/mol. The summed E-state index contributed by atoms with van der Waals surface area (Å²) in [5.74, 6) is 0.467. The van der Waals surface area contributed by atoms with Crippen molar-refractivity contribution >= 4 is 12.0 Å². The molecule has 1 aliphatic rings. The van der Waals surface area contributed by atoms with E-state index in [9.17, 15) is 9.59 Å². The Bertz CT molecular complexity index is 906. The summed E-state index contributed by atoms with van der Waals surface area (Å²) in [6.45, 7) is 9.69. The second-order valence-corrected chi connectivity index (χ2v) is 9.04. The summed E-state index contributed by atoms with van der Waals surface area (Å²) >= 11 is 0. The lowest BCUT2D eigenvalue weighted by Gasteiger charge is -2.31. The zero-order chi connectivity index (χ0) is 21.9. The van der Waals surface area contributed by atoms with E-state index in [1.54, 1.807) is 23.0 Å². The first-order valence-electron chi connectivity index (χ1n) is 10.4. The molecule has 1 aliphatic carbocycles. The molecule has 0 aromatic carbocycles. The van der Waals surface area contributed by atoms with Crippen molar-refractivity contribution in [3.8, 4) is 5.82 Å². The topological polar surface area (TPSA) is 98.1 Å². The molecule has 3 rings (SSSR count). The highest BCUT2D eigenvalue weighted by atomic mass is 16.6. The third-order valence-electron chi connectivity index (χ3n) is 5.15. The van der Waals surface area contributed by atoms with Crippen LogP contribution in [0.2, 0.25) is 0 Å². The molecule has 162 valence electrons. The summed E-state index contributed by atoms with van der Waals surface area (Å²) in [4.78, 5) is 29.3. The van der Waals surface area contributed by atoms with Gasteiger partial charge in [-0.3, -0.25) is 4.79 Å². The van der Waals surface area contributed by atoms with Crippen molar-refractivity contribution in [2.45, 2.75) is 71.4 Å². The number of ether oxygens (including phenoxy) is 1. The lowest BCUT2D eigenvalue weighted by Crippen LogP contribution is -2.54. The van der Waals surface area contributed by atoms with Gasteiger partial charge in [0.25, 0.3) is 5.91 Å². The van der Waals surface area contributed by atoms with Crippen molar-refractivity contribution < 1.29 is 14.3 Å². The van der Waals surface area contributed by atoms with Crippen LogP contribution < -0.4 is 10.6 Å². The Kier molecular flexibility index (Phi) is 6.14. The Morgan fingerprint density at radius 3 is 2.43 bits per heavy atom. The summed E-state index contributed by atoms with van der Waals surface area (Å²) in [5, 5.41) is 10.4. The van der Waals surface area contributed by atoms with Crippen molar-refractivity contribution in [2.24, 2.45) is 0 Å². The quantitative estimate of drug-likeness (QED) is 0.782. The number of pyridine rings is 1. The van der Waals surface area contributed by atoms with Crippen molar-refractivity contribution in [2.75, 3.05) is 6.54 Å². The fourth-order valence-corrected chi connectivity index (χ4v) is 3.77. The molecule has 0 aliphatic heterocycles. The molecule has 0 spiro atoms. The molecule has 2 aromatic rings. The SMILES string of the molecule is Cc1cc(C)n(-c2ccc(C(=O)NC3(CNC(=O)OC(C)(C)C)CCCC3)cn2)n1. The zero-order valence-corrected chi connectivity index (χ0v) is 18.4. The number of nitrogens with zero attached hydrogens (tertiary/aromatic N) is 3. The van der Waals surface area contributed by atoms with E-state index in [2.05, 4.69) is 20.7 Å². The minimum Gasteiger partial charge on any atom is -0.444 e. The van der Waals surface area contributed by atoms with Crippen molar-refractivity contribution in [1.82, 2.24) is 25.4 Å². The van der Waals surface area contributed by atoms with Crippen LogP contribution in [-0.4, -0.2) is 44.4 Å². The van der Waals surface area contributed by atoms with Gasteiger partial charge in [0, 0.05) is 18.4 Å². The number of hydrogen-bond donors (Lipinski definition) is 2. The molecule has 8 nitrogen and oxygen atoms in total. The first kappa shape index (κ1) is 21.8. The molecule has 0 radical (unpaired) electrons. The largest absolute Gasteiger partial charge is 0.444 e. The van der Waals surface area contributed by atoms with Crippen molar-refractivity contribution in [3.05, 3.63) is 41.3 Å². The number of hydrogen-bond acceptors (Lipinski definition) is 5. The summed E-state index contributed by atoms with van der Waals surface area (Å²) in [5.41, 5.74) is 1.34. The molecule has 2 heterocycles. The number of alkyl carbamates (subject to hydrolysis) is 1. The number of nitrogens with one attached hydrogen (secondary N) is 2. The van der Waals surface area contributed by atoms with Gasteiger partial charge in [-0.15, -0.1) is 0 Å². The van der Waals surface area contributed by atoms with E-state index in [-0.39, 0.29) is 5.91 Å². The van der Waals surface area contributed by atoms with Gasteiger partial charge in [-0.1, -0.05) is 12.8 Å². The number of rotatable bonds is 5. The molecule has 0 bridgehead atoms. The number of amides is 2. The van der Waals surface area contributed by atoms with Gasteiger partial charge in [-0.25, -0.2) is 14.5 Å². The average molecular weight is 414 g/mol. The van der Waals surface area contributed by atoms with Crippen LogP contribution in [0.15, 0.2) is 24.4 Å². The lowest BCUT2D eigenvalue weighted by molar-refractivity contribution is 0.0505. The normalized spacial score (nSPS) is 15.6. The van der Waals surface area contributed by atoms with Gasteiger partial charge >= 0.3 is 6.09 Å². The zero-order valence-electron chi connectivity index (χ0n) is 18.4. The standard InChI is InChI=1S/C22H31N5O3/c1-15-12-16(2)27(26-15)18-9-8-17(13-23-18)19(28)25-22(10-6-7-11-22)14-24-20(29)30-21(3,4)5/h8-9,12-13H,6-7,10-11,14H2,1-5H3,(H,24,29)(H,25,28).